The number of amides is 3. The Morgan fingerprint density at radius 1 is 0.968 bits per heavy atom. The van der Waals surface area contributed by atoms with Crippen molar-refractivity contribution in [2.45, 2.75) is 122 Å². The summed E-state index contributed by atoms with van der Waals surface area (Å²) in [7, 11) is -0.530. The molecule has 3 saturated carbocycles. The fourth-order valence-electron chi connectivity index (χ4n) is 9.59. The van der Waals surface area contributed by atoms with E-state index in [9.17, 15) is 14.4 Å². The molecule has 2 aromatic rings. The molecule has 2 saturated heterocycles. The van der Waals surface area contributed by atoms with Gasteiger partial charge in [0.25, 0.3) is 5.91 Å². The zero-order valence-corrected chi connectivity index (χ0v) is 37.5. The Kier molecular flexibility index (Phi) is 16.7. The van der Waals surface area contributed by atoms with Crippen LogP contribution in [0, 0.1) is 17.3 Å². The van der Waals surface area contributed by atoms with Crippen LogP contribution in [0.15, 0.2) is 73.1 Å². The summed E-state index contributed by atoms with van der Waals surface area (Å²) >= 11 is 0. The first-order valence-corrected chi connectivity index (χ1v) is 23.0. The number of nitrogens with two attached hydrogens (primary N) is 1. The lowest BCUT2D eigenvalue weighted by atomic mass is 9.43. The number of carbonyl (C=O) groups is 3. The van der Waals surface area contributed by atoms with Crippen LogP contribution in [-0.4, -0.2) is 101 Å². The van der Waals surface area contributed by atoms with Gasteiger partial charge in [-0.2, -0.15) is 0 Å². The number of unbranched alkanes of at least 4 members (excludes halogenated alkanes) is 2. The highest BCUT2D eigenvalue weighted by molar-refractivity contribution is 6.46. The molecule has 13 nitrogen and oxygen atoms in total. The molecule has 3 amide bonds. The van der Waals surface area contributed by atoms with E-state index in [4.69, 9.17) is 24.5 Å². The van der Waals surface area contributed by atoms with Crippen molar-refractivity contribution < 1.29 is 33.2 Å². The number of carbonyl (C=O) groups excluding carboxylic acids is 3. The van der Waals surface area contributed by atoms with Crippen molar-refractivity contribution in [1.82, 2.24) is 26.6 Å². The van der Waals surface area contributed by atoms with Crippen molar-refractivity contribution in [2.24, 2.45) is 23.0 Å². The Labute approximate surface area is 369 Å². The van der Waals surface area contributed by atoms with Gasteiger partial charge < -0.3 is 51.1 Å². The second-order valence-corrected chi connectivity index (χ2v) is 18.4. The number of hydrogen-bond acceptors (Lipinski definition) is 10. The summed E-state index contributed by atoms with van der Waals surface area (Å²) in [6.45, 7) is 19.0. The van der Waals surface area contributed by atoms with Gasteiger partial charge in [0, 0.05) is 30.2 Å². The Morgan fingerprint density at radius 2 is 1.66 bits per heavy atom. The van der Waals surface area contributed by atoms with Crippen molar-refractivity contribution in [2.75, 3.05) is 46.0 Å². The standard InChI is InChI=1S/C48H71BN6O7/c1-7-8-13-34-15-17-35(18-16-34)36-19-21-37(22-20-36)44(56)55-39(14-9-10-23-50)33(3)54-41-30-60-25-12-11-24-59-29-40(53-32(2)28-51-45(41)57)46(58)52-31-49-61-43-27-38-26-42(47(38,4)5)48(43,6)62-49/h15-22,38-43,53-54H,2-3,7-14,23-31,50H2,1,4-6H3,(H,51,57)(H,52,58)(H,55,56)/t38?,39?,40?,41?,42?,43-,48+/m1/s1. The van der Waals surface area contributed by atoms with Gasteiger partial charge in [0.1, 0.15) is 12.1 Å². The third-order valence-electron chi connectivity index (χ3n) is 13.6. The summed E-state index contributed by atoms with van der Waals surface area (Å²) in [5.74, 6) is 0.208. The largest absolute Gasteiger partial charge is 0.478 e. The molecule has 62 heavy (non-hydrogen) atoms. The van der Waals surface area contributed by atoms with Crippen molar-refractivity contribution >= 4 is 24.8 Å². The quantitative estimate of drug-likeness (QED) is 0.0975. The summed E-state index contributed by atoms with van der Waals surface area (Å²) in [6.07, 6.45) is 9.28. The van der Waals surface area contributed by atoms with Crippen LogP contribution in [0.25, 0.3) is 11.1 Å². The number of ether oxygens (including phenoxy) is 2. The molecular formula is C48H71BN6O7. The van der Waals surface area contributed by atoms with Crippen molar-refractivity contribution in [3.8, 4) is 11.1 Å². The summed E-state index contributed by atoms with van der Waals surface area (Å²) in [5.41, 5.74) is 10.6. The topological polar surface area (TPSA) is 174 Å². The van der Waals surface area contributed by atoms with Crippen LogP contribution < -0.4 is 32.3 Å². The fourth-order valence-corrected chi connectivity index (χ4v) is 9.59. The number of rotatable bonds is 16. The van der Waals surface area contributed by atoms with Gasteiger partial charge in [0.2, 0.25) is 11.8 Å². The van der Waals surface area contributed by atoms with E-state index in [-0.39, 0.29) is 61.0 Å². The van der Waals surface area contributed by atoms with Crippen LogP contribution >= 0.6 is 0 Å². The molecule has 5 unspecified atom stereocenters. The zero-order valence-electron chi connectivity index (χ0n) is 37.5. The Balaban J connectivity index is 1.03. The van der Waals surface area contributed by atoms with Crippen LogP contribution in [0.3, 0.4) is 0 Å². The number of hydrogen-bond donors (Lipinski definition) is 6. The molecule has 338 valence electrons. The van der Waals surface area contributed by atoms with Crippen molar-refractivity contribution in [1.29, 1.82) is 0 Å². The average molecular weight is 855 g/mol. The first-order valence-electron chi connectivity index (χ1n) is 23.0. The molecule has 3 aliphatic carbocycles. The Hall–Kier alpha value is -4.21. The van der Waals surface area contributed by atoms with E-state index in [2.05, 4.69) is 91.7 Å². The molecule has 7 rings (SSSR count). The summed E-state index contributed by atoms with van der Waals surface area (Å²) in [4.78, 5) is 40.9. The van der Waals surface area contributed by atoms with Gasteiger partial charge >= 0.3 is 7.12 Å². The number of aryl methyl sites for hydroxylation is 1. The van der Waals surface area contributed by atoms with Gasteiger partial charge in [0.05, 0.1) is 43.9 Å². The zero-order chi connectivity index (χ0) is 44.3. The van der Waals surface area contributed by atoms with Gasteiger partial charge in [-0.3, -0.25) is 14.4 Å². The molecular weight excluding hydrogens is 783 g/mol. The van der Waals surface area contributed by atoms with E-state index in [1.165, 1.54) is 12.0 Å². The molecule has 2 bridgehead atoms. The highest BCUT2D eigenvalue weighted by atomic mass is 16.7. The monoisotopic (exact) mass is 855 g/mol. The van der Waals surface area contributed by atoms with Gasteiger partial charge in [-0.1, -0.05) is 76.7 Å². The van der Waals surface area contributed by atoms with E-state index in [1.807, 2.05) is 24.3 Å². The molecule has 5 fully saturated rings. The minimum absolute atomic E-state index is 0.0252. The van der Waals surface area contributed by atoms with Gasteiger partial charge in [-0.15, -0.1) is 0 Å². The van der Waals surface area contributed by atoms with Gasteiger partial charge in [-0.05, 0) is 117 Å². The van der Waals surface area contributed by atoms with Gasteiger partial charge in [0.15, 0.2) is 0 Å². The van der Waals surface area contributed by atoms with Crippen LogP contribution in [-0.2, 0) is 34.8 Å². The average Bonchev–Trinajstić information content (AvgIpc) is 3.62. The minimum atomic E-state index is -0.814. The van der Waals surface area contributed by atoms with Crippen LogP contribution in [0.2, 0.25) is 0 Å². The third kappa shape index (κ3) is 11.9. The highest BCUT2D eigenvalue weighted by Crippen LogP contribution is 2.65. The molecule has 2 heterocycles. The number of benzene rings is 2. The maximum absolute atomic E-state index is 13.7. The van der Waals surface area contributed by atoms with Crippen LogP contribution in [0.1, 0.15) is 101 Å². The molecule has 0 spiro atoms. The maximum atomic E-state index is 13.7. The molecule has 2 aliphatic heterocycles. The van der Waals surface area contributed by atoms with Gasteiger partial charge in [-0.25, -0.2) is 0 Å². The smallest absolute Gasteiger partial charge is 0.404 e. The number of nitrogens with one attached hydrogen (secondary N) is 5. The van der Waals surface area contributed by atoms with E-state index in [0.29, 0.717) is 67.8 Å². The SMILES string of the molecule is C=C1CNC(=O)C(NC(=C)C(CCCCN)NC(=O)c2ccc(-c3ccc(CCCC)cc3)cc2)COCCCCOCC(C(=O)NCB2O[C@@H]3CC4CC(C4(C)C)[C@]3(C)O2)N1. The van der Waals surface area contributed by atoms with Crippen LogP contribution in [0.4, 0.5) is 0 Å². The lowest BCUT2D eigenvalue weighted by molar-refractivity contribution is -0.199. The lowest BCUT2D eigenvalue weighted by Crippen LogP contribution is -2.65. The molecule has 0 aromatic heterocycles. The third-order valence-corrected chi connectivity index (χ3v) is 13.6. The predicted molar refractivity (Wildman–Crippen MR) is 244 cm³/mol. The van der Waals surface area contributed by atoms with E-state index in [1.54, 1.807) is 0 Å². The lowest BCUT2D eigenvalue weighted by Gasteiger charge is -2.64. The first-order chi connectivity index (χ1) is 29.8. The first kappa shape index (κ1) is 47.3. The molecule has 7 atom stereocenters. The van der Waals surface area contributed by atoms with Crippen molar-refractivity contribution in [3.05, 3.63) is 84.2 Å². The second kappa shape index (κ2) is 21.9. The molecule has 5 aliphatic rings. The summed E-state index contributed by atoms with van der Waals surface area (Å²) < 4.78 is 24.7. The van der Waals surface area contributed by atoms with E-state index >= 15 is 0 Å². The second-order valence-electron chi connectivity index (χ2n) is 18.4. The highest BCUT2D eigenvalue weighted by Gasteiger charge is 2.67. The summed E-state index contributed by atoms with van der Waals surface area (Å²) in [5, 5.41) is 15.5. The fraction of sp³-hybridized carbons (Fsp3) is 0.604. The Morgan fingerprint density at radius 3 is 2.34 bits per heavy atom. The van der Waals surface area contributed by atoms with Crippen molar-refractivity contribution in [3.63, 3.8) is 0 Å². The van der Waals surface area contributed by atoms with E-state index in [0.717, 1.165) is 49.7 Å². The maximum Gasteiger partial charge on any atom is 0.478 e. The molecule has 7 N–H and O–H groups in total. The van der Waals surface area contributed by atoms with E-state index < -0.39 is 25.2 Å². The minimum Gasteiger partial charge on any atom is -0.404 e. The Bertz CT molecular complexity index is 1840. The predicted octanol–water partition coefficient (Wildman–Crippen LogP) is 5.19. The normalized spacial score (nSPS) is 26.9. The summed E-state index contributed by atoms with van der Waals surface area (Å²) in [6, 6.07) is 14.1. The molecule has 14 heteroatoms. The molecule has 2 aromatic carbocycles. The molecule has 0 radical (unpaired) electrons. The van der Waals surface area contributed by atoms with Crippen LogP contribution in [0.5, 0.6) is 0 Å².